The number of aromatic nitrogens is 3. The van der Waals surface area contributed by atoms with E-state index < -0.39 is 0 Å². The van der Waals surface area contributed by atoms with E-state index in [1.807, 2.05) is 48.5 Å². The Hall–Kier alpha value is -3.39. The summed E-state index contributed by atoms with van der Waals surface area (Å²) in [6.45, 7) is 7.88. The van der Waals surface area contributed by atoms with E-state index in [-0.39, 0.29) is 5.56 Å². The molecule has 0 atom stereocenters. The van der Waals surface area contributed by atoms with Crippen molar-refractivity contribution in [1.29, 1.82) is 0 Å². The van der Waals surface area contributed by atoms with Crippen molar-refractivity contribution >= 4 is 22.4 Å². The quantitative estimate of drug-likeness (QED) is 0.208. The first-order valence-electron chi connectivity index (χ1n) is 12.9. The Bertz CT molecular complexity index is 1410. The van der Waals surface area contributed by atoms with Crippen LogP contribution in [0.1, 0.15) is 58.4 Å². The number of rotatable bonds is 13. The maximum Gasteiger partial charge on any atom is 0.291 e. The van der Waals surface area contributed by atoms with Crippen molar-refractivity contribution in [2.24, 2.45) is 5.92 Å². The van der Waals surface area contributed by atoms with Crippen LogP contribution in [0.3, 0.4) is 0 Å². The molecular weight excluding hydrogens is 486 g/mol. The smallest absolute Gasteiger partial charge is 0.291 e. The van der Waals surface area contributed by atoms with E-state index in [0.29, 0.717) is 39.3 Å². The summed E-state index contributed by atoms with van der Waals surface area (Å²) in [5.41, 5.74) is 1.50. The molecular formula is C29H35N3O4S. The van der Waals surface area contributed by atoms with Crippen molar-refractivity contribution in [3.63, 3.8) is 0 Å². The van der Waals surface area contributed by atoms with E-state index in [9.17, 15) is 4.79 Å². The summed E-state index contributed by atoms with van der Waals surface area (Å²) in [5.74, 6) is 3.26. The van der Waals surface area contributed by atoms with Crippen LogP contribution in [-0.4, -0.2) is 34.9 Å². The highest BCUT2D eigenvalue weighted by atomic mass is 32.1. The van der Waals surface area contributed by atoms with Crippen LogP contribution in [-0.2, 0) is 0 Å². The lowest BCUT2D eigenvalue weighted by atomic mass is 10.1. The Morgan fingerprint density at radius 1 is 1.00 bits per heavy atom. The first-order valence-corrected chi connectivity index (χ1v) is 13.8. The fourth-order valence-corrected chi connectivity index (χ4v) is 4.73. The third-order valence-electron chi connectivity index (χ3n) is 6.00. The largest absolute Gasteiger partial charge is 0.494 e. The van der Waals surface area contributed by atoms with Gasteiger partial charge in [0.1, 0.15) is 5.75 Å². The molecule has 0 aliphatic carbocycles. The molecule has 0 N–H and O–H groups in total. The molecule has 4 aromatic rings. The Morgan fingerprint density at radius 3 is 2.51 bits per heavy atom. The highest BCUT2D eigenvalue weighted by Crippen LogP contribution is 2.29. The molecule has 0 spiro atoms. The highest BCUT2D eigenvalue weighted by molar-refractivity contribution is 7.15. The second kappa shape index (κ2) is 12.7. The molecule has 196 valence electrons. The van der Waals surface area contributed by atoms with Gasteiger partial charge in [0, 0.05) is 5.56 Å². The summed E-state index contributed by atoms with van der Waals surface area (Å²) < 4.78 is 19.1. The second-order valence-electron chi connectivity index (χ2n) is 9.42. The van der Waals surface area contributed by atoms with Gasteiger partial charge >= 0.3 is 0 Å². The number of hydrogen-bond donors (Lipinski definition) is 0. The fraction of sp³-hybridized carbons (Fsp3) is 0.414. The number of nitrogens with zero attached hydrogens (tertiary/aromatic N) is 3. The van der Waals surface area contributed by atoms with Crippen molar-refractivity contribution in [3.05, 3.63) is 62.9 Å². The Morgan fingerprint density at radius 2 is 1.81 bits per heavy atom. The van der Waals surface area contributed by atoms with E-state index in [4.69, 9.17) is 14.2 Å². The van der Waals surface area contributed by atoms with Crippen LogP contribution in [0.25, 0.3) is 22.4 Å². The molecule has 0 fully saturated rings. The molecule has 0 unspecified atom stereocenters. The van der Waals surface area contributed by atoms with Crippen molar-refractivity contribution in [3.8, 4) is 28.6 Å². The first-order chi connectivity index (χ1) is 18.0. The van der Waals surface area contributed by atoms with Gasteiger partial charge in [-0.3, -0.25) is 4.79 Å². The van der Waals surface area contributed by atoms with Gasteiger partial charge in [0.2, 0.25) is 4.96 Å². The molecule has 37 heavy (non-hydrogen) atoms. The van der Waals surface area contributed by atoms with Gasteiger partial charge in [0.05, 0.1) is 24.9 Å². The number of hydrogen-bond acceptors (Lipinski definition) is 7. The van der Waals surface area contributed by atoms with Gasteiger partial charge in [-0.1, -0.05) is 57.4 Å². The van der Waals surface area contributed by atoms with Crippen molar-refractivity contribution < 1.29 is 14.2 Å². The van der Waals surface area contributed by atoms with Gasteiger partial charge in [-0.25, -0.2) is 0 Å². The molecule has 7 nitrogen and oxygen atoms in total. The average molecular weight is 522 g/mol. The fourth-order valence-electron chi connectivity index (χ4n) is 3.82. The number of benzene rings is 2. The summed E-state index contributed by atoms with van der Waals surface area (Å²) >= 11 is 1.31. The van der Waals surface area contributed by atoms with E-state index in [1.54, 1.807) is 7.11 Å². The average Bonchev–Trinajstić information content (AvgIpc) is 3.44. The molecule has 0 radical (unpaired) electrons. The predicted octanol–water partition coefficient (Wildman–Crippen LogP) is 5.76. The van der Waals surface area contributed by atoms with E-state index in [0.717, 1.165) is 36.3 Å². The molecule has 0 amide bonds. The van der Waals surface area contributed by atoms with Crippen molar-refractivity contribution in [2.45, 2.75) is 52.9 Å². The minimum absolute atomic E-state index is 0.193. The summed E-state index contributed by atoms with van der Waals surface area (Å²) in [5, 5.41) is 4.46. The zero-order valence-electron chi connectivity index (χ0n) is 22.0. The molecule has 2 heterocycles. The van der Waals surface area contributed by atoms with E-state index in [1.165, 1.54) is 35.1 Å². The summed E-state index contributed by atoms with van der Waals surface area (Å²) in [6, 6.07) is 13.4. The third-order valence-corrected chi connectivity index (χ3v) is 6.96. The van der Waals surface area contributed by atoms with Crippen LogP contribution < -0.4 is 24.3 Å². The maximum absolute atomic E-state index is 13.0. The third kappa shape index (κ3) is 6.89. The molecule has 4 rings (SSSR count). The van der Waals surface area contributed by atoms with Crippen LogP contribution in [0.15, 0.2) is 47.3 Å². The molecule has 8 heteroatoms. The number of unbranched alkanes of at least 4 members (excludes halogenated alkanes) is 3. The SMILES string of the molecule is CCCCCCOc1ccc(-c2nc3sc(=Cc4ccc(OCCC(C)C)c(OC)c4)c(=O)n3n2)cc1. The number of fused-ring (bicyclic) bond motifs is 1. The molecule has 2 aromatic carbocycles. The maximum atomic E-state index is 13.0. The molecule has 2 aromatic heterocycles. The lowest BCUT2D eigenvalue weighted by molar-refractivity contribution is 0.273. The number of methoxy groups -OCH3 is 1. The zero-order chi connectivity index (χ0) is 26.2. The Labute approximate surface area is 221 Å². The lowest BCUT2D eigenvalue weighted by Crippen LogP contribution is -2.23. The standard InChI is InChI=1S/C29H35N3O4S/c1-5-6-7-8-16-35-23-12-10-22(11-13-23)27-30-29-32(31-27)28(33)26(37-29)19-21-9-14-24(25(18-21)34-4)36-17-15-20(2)3/h9-14,18-20H,5-8,15-17H2,1-4H3. The normalized spacial score (nSPS) is 12.0. The number of thiazole rings is 1. The molecule has 0 aliphatic rings. The van der Waals surface area contributed by atoms with E-state index in [2.05, 4.69) is 30.9 Å². The predicted molar refractivity (Wildman–Crippen MR) is 149 cm³/mol. The number of ether oxygens (including phenoxy) is 3. The monoisotopic (exact) mass is 521 g/mol. The van der Waals surface area contributed by atoms with Gasteiger partial charge in [0.25, 0.3) is 5.56 Å². The summed E-state index contributed by atoms with van der Waals surface area (Å²) in [7, 11) is 1.62. The first kappa shape index (κ1) is 26.7. The van der Waals surface area contributed by atoms with E-state index >= 15 is 0 Å². The minimum atomic E-state index is -0.193. The Balaban J connectivity index is 1.48. The molecule has 0 saturated carbocycles. The minimum Gasteiger partial charge on any atom is -0.494 e. The second-order valence-corrected chi connectivity index (χ2v) is 10.4. The van der Waals surface area contributed by atoms with Gasteiger partial charge < -0.3 is 14.2 Å². The van der Waals surface area contributed by atoms with Crippen molar-refractivity contribution in [2.75, 3.05) is 20.3 Å². The molecule has 0 bridgehead atoms. The molecule has 0 aliphatic heterocycles. The van der Waals surface area contributed by atoms with Gasteiger partial charge in [0.15, 0.2) is 17.3 Å². The van der Waals surface area contributed by atoms with Gasteiger partial charge in [-0.05, 0) is 66.8 Å². The van der Waals surface area contributed by atoms with Crippen LogP contribution >= 0.6 is 11.3 Å². The summed E-state index contributed by atoms with van der Waals surface area (Å²) in [6.07, 6.45) is 7.49. The Kier molecular flexibility index (Phi) is 9.17. The van der Waals surface area contributed by atoms with Crippen LogP contribution in [0.2, 0.25) is 0 Å². The van der Waals surface area contributed by atoms with Crippen LogP contribution in [0.4, 0.5) is 0 Å². The van der Waals surface area contributed by atoms with Gasteiger partial charge in [-0.15, -0.1) is 5.10 Å². The van der Waals surface area contributed by atoms with Crippen LogP contribution in [0, 0.1) is 5.92 Å². The van der Waals surface area contributed by atoms with Crippen LogP contribution in [0.5, 0.6) is 17.2 Å². The molecule has 0 saturated heterocycles. The lowest BCUT2D eigenvalue weighted by Gasteiger charge is -2.12. The highest BCUT2D eigenvalue weighted by Gasteiger charge is 2.13. The zero-order valence-corrected chi connectivity index (χ0v) is 22.8. The summed E-state index contributed by atoms with van der Waals surface area (Å²) in [4.78, 5) is 18.2. The topological polar surface area (TPSA) is 75.0 Å². The van der Waals surface area contributed by atoms with Gasteiger partial charge in [-0.2, -0.15) is 9.50 Å². The van der Waals surface area contributed by atoms with Crippen molar-refractivity contribution in [1.82, 2.24) is 14.6 Å².